The molecular weight excluding hydrogens is 320 g/mol. The summed E-state index contributed by atoms with van der Waals surface area (Å²) in [7, 11) is -1.97. The number of rotatable bonds is 3. The average molecular weight is 335 g/mol. The van der Waals surface area contributed by atoms with Crippen molar-refractivity contribution in [1.29, 1.82) is 0 Å². The lowest BCUT2D eigenvalue weighted by atomic mass is 9.96. The number of fused-ring (bicyclic) bond motifs is 2. The van der Waals surface area contributed by atoms with Crippen LogP contribution < -0.4 is 4.72 Å². The predicted octanol–water partition coefficient (Wildman–Crippen LogP) is 1.04. The van der Waals surface area contributed by atoms with E-state index in [0.717, 1.165) is 19.3 Å². The van der Waals surface area contributed by atoms with Gasteiger partial charge in [0.25, 0.3) is 10.0 Å². The van der Waals surface area contributed by atoms with E-state index in [1.165, 1.54) is 11.1 Å². The van der Waals surface area contributed by atoms with E-state index in [9.17, 15) is 8.42 Å². The van der Waals surface area contributed by atoms with Gasteiger partial charge in [0.1, 0.15) is 0 Å². The van der Waals surface area contributed by atoms with E-state index in [2.05, 4.69) is 31.0 Å². The Bertz CT molecular complexity index is 551. The van der Waals surface area contributed by atoms with Gasteiger partial charge in [0.05, 0.1) is 0 Å². The Kier molecular flexibility index (Phi) is 2.98. The van der Waals surface area contributed by atoms with E-state index in [1.54, 1.807) is 7.05 Å². The van der Waals surface area contributed by atoms with Gasteiger partial charge in [-0.2, -0.15) is 0 Å². The van der Waals surface area contributed by atoms with Gasteiger partial charge in [0.15, 0.2) is 4.60 Å². The second-order valence-corrected chi connectivity index (χ2v) is 7.59. The molecule has 0 radical (unpaired) electrons. The molecule has 2 fully saturated rings. The Morgan fingerprint density at radius 3 is 2.67 bits per heavy atom. The molecule has 3 rings (SSSR count). The molecule has 1 N–H and O–H groups in total. The van der Waals surface area contributed by atoms with Crippen LogP contribution in [0, 0.1) is 11.8 Å². The standard InChI is InChI=1S/C10H15BrN4O2S/c1-15-10(9(11)12-14-15)18(16,17)13-8-5-6-2-3-7(8)4-6/h6-8,13H,2-5H2,1H3. The molecule has 1 heterocycles. The molecule has 3 unspecified atom stereocenters. The van der Waals surface area contributed by atoms with Crippen molar-refractivity contribution in [2.24, 2.45) is 18.9 Å². The van der Waals surface area contributed by atoms with Gasteiger partial charge < -0.3 is 0 Å². The zero-order valence-electron chi connectivity index (χ0n) is 10.0. The summed E-state index contributed by atoms with van der Waals surface area (Å²) in [5, 5.41) is 7.52. The fourth-order valence-electron chi connectivity index (χ4n) is 3.25. The van der Waals surface area contributed by atoms with Crippen molar-refractivity contribution in [3.05, 3.63) is 4.60 Å². The number of nitrogens with zero attached hydrogens (tertiary/aromatic N) is 3. The molecule has 2 aliphatic rings. The quantitative estimate of drug-likeness (QED) is 0.896. The number of sulfonamides is 1. The lowest BCUT2D eigenvalue weighted by Gasteiger charge is -2.22. The molecule has 1 aromatic heterocycles. The van der Waals surface area contributed by atoms with Crippen LogP contribution >= 0.6 is 15.9 Å². The number of aromatic nitrogens is 3. The van der Waals surface area contributed by atoms with Crippen LogP contribution in [0.1, 0.15) is 25.7 Å². The van der Waals surface area contributed by atoms with Crippen molar-refractivity contribution in [3.8, 4) is 0 Å². The van der Waals surface area contributed by atoms with Gasteiger partial charge in [-0.1, -0.05) is 11.6 Å². The van der Waals surface area contributed by atoms with Crippen molar-refractivity contribution >= 4 is 26.0 Å². The molecule has 2 aliphatic carbocycles. The highest BCUT2D eigenvalue weighted by Gasteiger charge is 2.42. The minimum absolute atomic E-state index is 0.0792. The lowest BCUT2D eigenvalue weighted by molar-refractivity contribution is 0.389. The molecule has 3 atom stereocenters. The maximum atomic E-state index is 12.3. The summed E-state index contributed by atoms with van der Waals surface area (Å²) < 4.78 is 29.0. The Morgan fingerprint density at radius 1 is 1.39 bits per heavy atom. The SMILES string of the molecule is Cn1nnc(Br)c1S(=O)(=O)NC1CC2CCC1C2. The summed E-state index contributed by atoms with van der Waals surface area (Å²) in [5.74, 6) is 1.21. The maximum absolute atomic E-state index is 12.3. The van der Waals surface area contributed by atoms with Crippen LogP contribution in [0.5, 0.6) is 0 Å². The van der Waals surface area contributed by atoms with Gasteiger partial charge in [-0.05, 0) is 47.0 Å². The molecule has 0 spiro atoms. The third-order valence-electron chi connectivity index (χ3n) is 4.04. The molecule has 0 amide bonds. The van der Waals surface area contributed by atoms with Gasteiger partial charge in [0.2, 0.25) is 5.03 Å². The molecule has 0 aliphatic heterocycles. The number of halogens is 1. The second-order valence-electron chi connectivity index (χ2n) is 5.21. The van der Waals surface area contributed by atoms with Crippen molar-refractivity contribution in [2.45, 2.75) is 36.8 Å². The summed E-state index contributed by atoms with van der Waals surface area (Å²) in [5.41, 5.74) is 0. The zero-order valence-corrected chi connectivity index (χ0v) is 12.4. The first-order valence-corrected chi connectivity index (χ1v) is 8.32. The Balaban J connectivity index is 1.84. The van der Waals surface area contributed by atoms with Gasteiger partial charge in [-0.15, -0.1) is 5.10 Å². The van der Waals surface area contributed by atoms with E-state index in [1.807, 2.05) is 0 Å². The molecular formula is C10H15BrN4O2S. The summed E-state index contributed by atoms with van der Waals surface area (Å²) in [6.07, 6.45) is 4.52. The van der Waals surface area contributed by atoms with Gasteiger partial charge in [0, 0.05) is 13.1 Å². The van der Waals surface area contributed by atoms with Crippen LogP contribution in [0.3, 0.4) is 0 Å². The average Bonchev–Trinajstić information content (AvgIpc) is 2.93. The summed E-state index contributed by atoms with van der Waals surface area (Å²) in [6, 6.07) is 0.0792. The minimum Gasteiger partial charge on any atom is -0.235 e. The number of hydrogen-bond donors (Lipinski definition) is 1. The zero-order chi connectivity index (χ0) is 12.9. The first-order chi connectivity index (χ1) is 8.47. The van der Waals surface area contributed by atoms with Crippen LogP contribution in [-0.2, 0) is 17.1 Å². The molecule has 18 heavy (non-hydrogen) atoms. The Morgan fingerprint density at radius 2 is 2.17 bits per heavy atom. The molecule has 1 aromatic rings. The number of hydrogen-bond acceptors (Lipinski definition) is 4. The number of aryl methyl sites for hydroxylation is 1. The minimum atomic E-state index is -3.54. The van der Waals surface area contributed by atoms with E-state index >= 15 is 0 Å². The van der Waals surface area contributed by atoms with E-state index in [4.69, 9.17) is 0 Å². The molecule has 0 saturated heterocycles. The third-order valence-corrected chi connectivity index (χ3v) is 6.41. The van der Waals surface area contributed by atoms with E-state index in [0.29, 0.717) is 11.8 Å². The third kappa shape index (κ3) is 2.00. The van der Waals surface area contributed by atoms with Gasteiger partial charge >= 0.3 is 0 Å². The van der Waals surface area contributed by atoms with Crippen molar-refractivity contribution in [1.82, 2.24) is 19.7 Å². The van der Waals surface area contributed by atoms with E-state index in [-0.39, 0.29) is 15.7 Å². The highest BCUT2D eigenvalue weighted by Crippen LogP contribution is 2.44. The largest absolute Gasteiger partial charge is 0.260 e. The summed E-state index contributed by atoms with van der Waals surface area (Å²) >= 11 is 3.13. The first kappa shape index (κ1) is 12.6. The van der Waals surface area contributed by atoms with Crippen molar-refractivity contribution in [3.63, 3.8) is 0 Å². The van der Waals surface area contributed by atoms with Crippen molar-refractivity contribution in [2.75, 3.05) is 0 Å². The van der Waals surface area contributed by atoms with Gasteiger partial charge in [-0.3, -0.25) is 0 Å². The molecule has 0 aromatic carbocycles. The van der Waals surface area contributed by atoms with Crippen molar-refractivity contribution < 1.29 is 8.42 Å². The molecule has 100 valence electrons. The van der Waals surface area contributed by atoms with Crippen LogP contribution in [0.15, 0.2) is 9.63 Å². The monoisotopic (exact) mass is 334 g/mol. The van der Waals surface area contributed by atoms with Crippen LogP contribution in [0.2, 0.25) is 0 Å². The maximum Gasteiger partial charge on any atom is 0.260 e. The highest BCUT2D eigenvalue weighted by molar-refractivity contribution is 9.10. The highest BCUT2D eigenvalue weighted by atomic mass is 79.9. The normalized spacial score (nSPS) is 31.1. The van der Waals surface area contributed by atoms with Gasteiger partial charge in [-0.25, -0.2) is 17.8 Å². The summed E-state index contributed by atoms with van der Waals surface area (Å²) in [6.45, 7) is 0. The smallest absolute Gasteiger partial charge is 0.235 e. The Labute approximate surface area is 114 Å². The van der Waals surface area contributed by atoms with Crippen LogP contribution in [0.4, 0.5) is 0 Å². The fraction of sp³-hybridized carbons (Fsp3) is 0.800. The topological polar surface area (TPSA) is 76.9 Å². The van der Waals surface area contributed by atoms with Crippen LogP contribution in [0.25, 0.3) is 0 Å². The first-order valence-electron chi connectivity index (χ1n) is 6.05. The Hall–Kier alpha value is -0.470. The lowest BCUT2D eigenvalue weighted by Crippen LogP contribution is -2.39. The predicted molar refractivity (Wildman–Crippen MR) is 68.3 cm³/mol. The molecule has 8 heteroatoms. The second kappa shape index (κ2) is 4.28. The molecule has 2 bridgehead atoms. The molecule has 6 nitrogen and oxygen atoms in total. The summed E-state index contributed by atoms with van der Waals surface area (Å²) in [4.78, 5) is 0. The molecule has 2 saturated carbocycles. The number of nitrogens with one attached hydrogen (secondary N) is 1. The van der Waals surface area contributed by atoms with Crippen LogP contribution in [-0.4, -0.2) is 29.5 Å². The fourth-order valence-corrected chi connectivity index (χ4v) is 5.66. The van der Waals surface area contributed by atoms with E-state index < -0.39 is 10.0 Å².